The summed E-state index contributed by atoms with van der Waals surface area (Å²) in [6.45, 7) is 6.49. The summed E-state index contributed by atoms with van der Waals surface area (Å²) < 4.78 is 11.1. The lowest BCUT2D eigenvalue weighted by Crippen LogP contribution is -2.21. The summed E-state index contributed by atoms with van der Waals surface area (Å²) in [5.74, 6) is 1.75. The zero-order valence-corrected chi connectivity index (χ0v) is 12.1. The number of furan rings is 1. The van der Waals surface area contributed by atoms with Crippen LogP contribution in [-0.4, -0.2) is 13.2 Å². The Kier molecular flexibility index (Phi) is 4.93. The van der Waals surface area contributed by atoms with Gasteiger partial charge in [-0.3, -0.25) is 0 Å². The number of nitrogens with zero attached hydrogens (tertiary/aromatic N) is 1. The van der Waals surface area contributed by atoms with Gasteiger partial charge in [-0.05, 0) is 31.5 Å². The maximum absolute atomic E-state index is 5.97. The van der Waals surface area contributed by atoms with Gasteiger partial charge in [-0.15, -0.1) is 0 Å². The first-order valence-electron chi connectivity index (χ1n) is 7.03. The molecule has 0 radical (unpaired) electrons. The van der Waals surface area contributed by atoms with Crippen LogP contribution in [-0.2, 0) is 6.54 Å². The van der Waals surface area contributed by atoms with Crippen LogP contribution in [0.3, 0.4) is 0 Å². The van der Waals surface area contributed by atoms with Gasteiger partial charge in [0, 0.05) is 30.1 Å². The van der Waals surface area contributed by atoms with Crippen molar-refractivity contribution in [2.24, 2.45) is 0 Å². The van der Waals surface area contributed by atoms with E-state index in [-0.39, 0.29) is 0 Å². The van der Waals surface area contributed by atoms with Crippen molar-refractivity contribution in [1.82, 2.24) is 0 Å². The molecule has 20 heavy (non-hydrogen) atoms. The Morgan fingerprint density at radius 3 is 2.75 bits per heavy atom. The topological polar surface area (TPSA) is 51.6 Å². The van der Waals surface area contributed by atoms with Gasteiger partial charge < -0.3 is 19.8 Å². The molecule has 2 N–H and O–H groups in total. The largest absolute Gasteiger partial charge is 0.493 e. The summed E-state index contributed by atoms with van der Waals surface area (Å²) >= 11 is 0. The molecule has 108 valence electrons. The van der Waals surface area contributed by atoms with Crippen LogP contribution in [0, 0.1) is 0 Å². The molecule has 0 bridgehead atoms. The van der Waals surface area contributed by atoms with Gasteiger partial charge in [0.1, 0.15) is 11.5 Å². The van der Waals surface area contributed by atoms with Crippen molar-refractivity contribution in [2.75, 3.05) is 23.8 Å². The molecule has 0 atom stereocenters. The number of hydrogen-bond acceptors (Lipinski definition) is 4. The molecule has 0 saturated heterocycles. The molecule has 2 rings (SSSR count). The summed E-state index contributed by atoms with van der Waals surface area (Å²) in [4.78, 5) is 2.20. The Morgan fingerprint density at radius 2 is 2.10 bits per heavy atom. The molecule has 0 unspecified atom stereocenters. The number of nitrogen functional groups attached to an aromatic ring is 1. The molecule has 4 heteroatoms. The molecule has 0 aliphatic rings. The van der Waals surface area contributed by atoms with Crippen molar-refractivity contribution in [3.05, 3.63) is 42.4 Å². The number of anilines is 2. The van der Waals surface area contributed by atoms with E-state index in [2.05, 4.69) is 18.7 Å². The zero-order chi connectivity index (χ0) is 14.4. The van der Waals surface area contributed by atoms with Crippen LogP contribution in [0.25, 0.3) is 0 Å². The van der Waals surface area contributed by atoms with Gasteiger partial charge in [0.2, 0.25) is 0 Å². The number of hydrogen-bond donors (Lipinski definition) is 1. The summed E-state index contributed by atoms with van der Waals surface area (Å²) in [6, 6.07) is 9.73. The molecule has 0 aliphatic heterocycles. The minimum Gasteiger partial charge on any atom is -0.493 e. The molecule has 0 amide bonds. The molecule has 4 nitrogen and oxygen atoms in total. The molecule has 2 aromatic rings. The average molecular weight is 274 g/mol. The van der Waals surface area contributed by atoms with Gasteiger partial charge >= 0.3 is 0 Å². The SMILES string of the molecule is CCCOc1cc(N)cc(N(CC)Cc2ccco2)c1. The lowest BCUT2D eigenvalue weighted by molar-refractivity contribution is 0.317. The Hall–Kier alpha value is -2.10. The number of ether oxygens (including phenoxy) is 1. The highest BCUT2D eigenvalue weighted by molar-refractivity contribution is 5.60. The first kappa shape index (κ1) is 14.3. The van der Waals surface area contributed by atoms with Crippen molar-refractivity contribution >= 4 is 11.4 Å². The fraction of sp³-hybridized carbons (Fsp3) is 0.375. The molecule has 1 aromatic heterocycles. The Labute approximate surface area is 120 Å². The van der Waals surface area contributed by atoms with Crippen molar-refractivity contribution in [1.29, 1.82) is 0 Å². The molecule has 1 aromatic carbocycles. The first-order valence-corrected chi connectivity index (χ1v) is 7.03. The minimum atomic E-state index is 0.702. The van der Waals surface area contributed by atoms with Crippen LogP contribution in [0.1, 0.15) is 26.0 Å². The number of nitrogens with two attached hydrogens (primary N) is 1. The maximum atomic E-state index is 5.97. The predicted molar refractivity (Wildman–Crippen MR) is 82.1 cm³/mol. The van der Waals surface area contributed by atoms with Crippen molar-refractivity contribution in [3.8, 4) is 5.75 Å². The molecule has 0 spiro atoms. The second kappa shape index (κ2) is 6.89. The zero-order valence-electron chi connectivity index (χ0n) is 12.1. The van der Waals surface area contributed by atoms with Gasteiger partial charge in [-0.2, -0.15) is 0 Å². The van der Waals surface area contributed by atoms with Gasteiger partial charge in [-0.25, -0.2) is 0 Å². The highest BCUT2D eigenvalue weighted by Gasteiger charge is 2.09. The molecule has 0 fully saturated rings. The highest BCUT2D eigenvalue weighted by Crippen LogP contribution is 2.27. The van der Waals surface area contributed by atoms with Crippen LogP contribution in [0.2, 0.25) is 0 Å². The van der Waals surface area contributed by atoms with Crippen LogP contribution >= 0.6 is 0 Å². The van der Waals surface area contributed by atoms with Crippen LogP contribution < -0.4 is 15.4 Å². The molecular formula is C16H22N2O2. The predicted octanol–water partition coefficient (Wildman–Crippen LogP) is 3.68. The van der Waals surface area contributed by atoms with E-state index in [1.807, 2.05) is 30.3 Å². The van der Waals surface area contributed by atoms with Gasteiger partial charge in [0.05, 0.1) is 19.4 Å². The van der Waals surface area contributed by atoms with Crippen molar-refractivity contribution < 1.29 is 9.15 Å². The van der Waals surface area contributed by atoms with Crippen LogP contribution in [0.15, 0.2) is 41.0 Å². The van der Waals surface area contributed by atoms with E-state index >= 15 is 0 Å². The van der Waals surface area contributed by atoms with Gasteiger partial charge in [-0.1, -0.05) is 6.92 Å². The van der Waals surface area contributed by atoms with Gasteiger partial charge in [0.15, 0.2) is 0 Å². The normalized spacial score (nSPS) is 10.5. The summed E-state index contributed by atoms with van der Waals surface area (Å²) in [5, 5.41) is 0. The summed E-state index contributed by atoms with van der Waals surface area (Å²) in [6.07, 6.45) is 2.67. The summed E-state index contributed by atoms with van der Waals surface area (Å²) in [5.41, 5.74) is 7.73. The standard InChI is InChI=1S/C16H22N2O2/c1-3-7-19-16-10-13(17)9-14(11-16)18(4-2)12-15-6-5-8-20-15/h5-6,8-11H,3-4,7,12,17H2,1-2H3. The van der Waals surface area contributed by atoms with Crippen LogP contribution in [0.5, 0.6) is 5.75 Å². The van der Waals surface area contributed by atoms with Crippen molar-refractivity contribution in [2.45, 2.75) is 26.8 Å². The number of rotatable bonds is 7. The highest BCUT2D eigenvalue weighted by atomic mass is 16.5. The average Bonchev–Trinajstić information content (AvgIpc) is 2.95. The third kappa shape index (κ3) is 3.70. The second-order valence-corrected chi connectivity index (χ2v) is 4.70. The third-order valence-electron chi connectivity index (χ3n) is 3.06. The summed E-state index contributed by atoms with van der Waals surface area (Å²) in [7, 11) is 0. The van der Waals surface area contributed by atoms with Crippen LogP contribution in [0.4, 0.5) is 11.4 Å². The molecule has 0 saturated carbocycles. The fourth-order valence-corrected chi connectivity index (χ4v) is 2.07. The quantitative estimate of drug-likeness (QED) is 0.783. The third-order valence-corrected chi connectivity index (χ3v) is 3.06. The van der Waals surface area contributed by atoms with Crippen molar-refractivity contribution in [3.63, 3.8) is 0 Å². The van der Waals surface area contributed by atoms with Gasteiger partial charge in [0.25, 0.3) is 0 Å². The lowest BCUT2D eigenvalue weighted by atomic mass is 10.2. The Morgan fingerprint density at radius 1 is 1.25 bits per heavy atom. The van der Waals surface area contributed by atoms with E-state index in [1.54, 1.807) is 6.26 Å². The lowest BCUT2D eigenvalue weighted by Gasteiger charge is -2.23. The number of benzene rings is 1. The Balaban J connectivity index is 2.17. The van der Waals surface area contributed by atoms with E-state index in [1.165, 1.54) is 0 Å². The molecular weight excluding hydrogens is 252 g/mol. The Bertz CT molecular complexity index is 523. The monoisotopic (exact) mass is 274 g/mol. The first-order chi connectivity index (χ1) is 9.72. The second-order valence-electron chi connectivity index (χ2n) is 4.70. The maximum Gasteiger partial charge on any atom is 0.123 e. The van der Waals surface area contributed by atoms with E-state index in [9.17, 15) is 0 Å². The molecule has 0 aliphatic carbocycles. The van der Waals surface area contributed by atoms with E-state index in [0.717, 1.165) is 36.7 Å². The molecule has 1 heterocycles. The van der Waals surface area contributed by atoms with E-state index < -0.39 is 0 Å². The van der Waals surface area contributed by atoms with E-state index in [4.69, 9.17) is 14.9 Å². The van der Waals surface area contributed by atoms with E-state index in [0.29, 0.717) is 12.3 Å². The smallest absolute Gasteiger partial charge is 0.123 e. The fourth-order valence-electron chi connectivity index (χ4n) is 2.07. The minimum absolute atomic E-state index is 0.702.